The van der Waals surface area contributed by atoms with Crippen molar-refractivity contribution in [1.82, 2.24) is 25.1 Å². The van der Waals surface area contributed by atoms with Crippen molar-refractivity contribution in [2.75, 3.05) is 13.1 Å². The van der Waals surface area contributed by atoms with Crippen molar-refractivity contribution < 1.29 is 9.59 Å². The molecular formula is C19H25N5O2. The largest absolute Gasteiger partial charge is 0.343 e. The molecule has 0 radical (unpaired) electrons. The zero-order valence-electron chi connectivity index (χ0n) is 15.0. The van der Waals surface area contributed by atoms with Gasteiger partial charge in [0.15, 0.2) is 5.65 Å². The van der Waals surface area contributed by atoms with Crippen molar-refractivity contribution in [2.24, 2.45) is 5.92 Å². The van der Waals surface area contributed by atoms with Crippen molar-refractivity contribution in [1.29, 1.82) is 0 Å². The Bertz CT molecular complexity index is 794. The number of aromatic amines is 1. The van der Waals surface area contributed by atoms with Gasteiger partial charge < -0.3 is 4.90 Å². The normalized spacial score (nSPS) is 22.1. The molecule has 7 heteroatoms. The molecule has 26 heavy (non-hydrogen) atoms. The van der Waals surface area contributed by atoms with Gasteiger partial charge in [0, 0.05) is 50.2 Å². The Hall–Kier alpha value is -2.31. The van der Waals surface area contributed by atoms with E-state index in [2.05, 4.69) is 20.2 Å². The number of H-pyrrole nitrogens is 1. The summed E-state index contributed by atoms with van der Waals surface area (Å²) in [5, 5.41) is 7.31. The summed E-state index contributed by atoms with van der Waals surface area (Å²) in [5.74, 6) is 0.993. The topological polar surface area (TPSA) is 91.8 Å². The minimum atomic E-state index is 0.111. The number of amides is 1. The second kappa shape index (κ2) is 7.51. The van der Waals surface area contributed by atoms with E-state index < -0.39 is 0 Å². The Morgan fingerprint density at radius 3 is 2.77 bits per heavy atom. The Morgan fingerprint density at radius 2 is 1.96 bits per heavy atom. The molecule has 0 spiro atoms. The standard InChI is InChI=1S/C19H25N5O2/c25-15-4-2-1-3-13(15)5-6-16(26)24-11-7-14(8-12-24)17-18-19(23-22-17)21-10-9-20-18/h9-10,13-14H,1-8,11-12H2,(H,21,22,23)/t13-/m0/s1. The maximum Gasteiger partial charge on any atom is 0.222 e. The summed E-state index contributed by atoms with van der Waals surface area (Å²) in [7, 11) is 0. The fourth-order valence-electron chi connectivity index (χ4n) is 4.29. The minimum absolute atomic E-state index is 0.111. The lowest BCUT2D eigenvalue weighted by Crippen LogP contribution is -2.38. The molecule has 1 aliphatic carbocycles. The molecule has 2 aliphatic rings. The van der Waals surface area contributed by atoms with Crippen LogP contribution in [0, 0.1) is 5.92 Å². The van der Waals surface area contributed by atoms with Gasteiger partial charge in [-0.25, -0.2) is 9.97 Å². The van der Waals surface area contributed by atoms with E-state index in [0.717, 1.165) is 62.8 Å². The van der Waals surface area contributed by atoms with Gasteiger partial charge >= 0.3 is 0 Å². The van der Waals surface area contributed by atoms with Crippen LogP contribution in [0.4, 0.5) is 0 Å². The van der Waals surface area contributed by atoms with Crippen molar-refractivity contribution in [2.45, 2.75) is 57.3 Å². The molecule has 0 unspecified atom stereocenters. The summed E-state index contributed by atoms with van der Waals surface area (Å²) in [6.45, 7) is 1.51. The third-order valence-corrected chi connectivity index (χ3v) is 5.86. The van der Waals surface area contributed by atoms with Gasteiger partial charge in [-0.2, -0.15) is 5.10 Å². The summed E-state index contributed by atoms with van der Waals surface area (Å²) in [6, 6.07) is 0. The lowest BCUT2D eigenvalue weighted by atomic mass is 9.84. The number of aromatic nitrogens is 4. The van der Waals surface area contributed by atoms with Crippen LogP contribution < -0.4 is 0 Å². The first kappa shape index (κ1) is 17.1. The predicted molar refractivity (Wildman–Crippen MR) is 96.4 cm³/mol. The molecule has 3 heterocycles. The molecule has 2 fully saturated rings. The maximum absolute atomic E-state index is 12.5. The fourth-order valence-corrected chi connectivity index (χ4v) is 4.29. The smallest absolute Gasteiger partial charge is 0.222 e. The number of likely N-dealkylation sites (tertiary alicyclic amines) is 1. The molecule has 7 nitrogen and oxygen atoms in total. The van der Waals surface area contributed by atoms with Gasteiger partial charge in [-0.1, -0.05) is 6.42 Å². The number of Topliss-reactive ketones (excluding diaryl/α,β-unsaturated/α-hetero) is 1. The highest BCUT2D eigenvalue weighted by atomic mass is 16.2. The average molecular weight is 355 g/mol. The van der Waals surface area contributed by atoms with E-state index in [9.17, 15) is 9.59 Å². The second-order valence-electron chi connectivity index (χ2n) is 7.47. The predicted octanol–water partition coefficient (Wildman–Crippen LogP) is 2.60. The molecule has 2 aromatic heterocycles. The van der Waals surface area contributed by atoms with Crippen LogP contribution in [0.1, 0.15) is 63.0 Å². The van der Waals surface area contributed by atoms with Crippen LogP contribution in [0.15, 0.2) is 12.4 Å². The Kier molecular flexibility index (Phi) is 4.95. The van der Waals surface area contributed by atoms with E-state index >= 15 is 0 Å². The molecule has 138 valence electrons. The summed E-state index contributed by atoms with van der Waals surface area (Å²) in [6.07, 6.45) is 10.2. The molecule has 2 aromatic rings. The van der Waals surface area contributed by atoms with Crippen LogP contribution in [-0.4, -0.2) is 49.8 Å². The first-order valence-corrected chi connectivity index (χ1v) is 9.68. The lowest BCUT2D eigenvalue weighted by molar-refractivity contribution is -0.133. The Balaban J connectivity index is 1.30. The second-order valence-corrected chi connectivity index (χ2v) is 7.47. The van der Waals surface area contributed by atoms with E-state index in [0.29, 0.717) is 30.2 Å². The van der Waals surface area contributed by atoms with E-state index in [1.54, 1.807) is 12.4 Å². The molecule has 1 saturated carbocycles. The molecule has 0 aromatic carbocycles. The van der Waals surface area contributed by atoms with Gasteiger partial charge in [0.25, 0.3) is 0 Å². The van der Waals surface area contributed by atoms with Crippen LogP contribution in [0.5, 0.6) is 0 Å². The number of hydrogen-bond donors (Lipinski definition) is 1. The lowest BCUT2D eigenvalue weighted by Gasteiger charge is -2.32. The fraction of sp³-hybridized carbons (Fsp3) is 0.632. The molecule has 4 rings (SSSR count). The third kappa shape index (κ3) is 3.48. The molecule has 1 atom stereocenters. The first-order chi connectivity index (χ1) is 12.7. The van der Waals surface area contributed by atoms with E-state index in [1.165, 1.54) is 0 Å². The van der Waals surface area contributed by atoms with Crippen molar-refractivity contribution in [3.63, 3.8) is 0 Å². The zero-order chi connectivity index (χ0) is 17.9. The highest BCUT2D eigenvalue weighted by Crippen LogP contribution is 2.31. The molecule has 1 aliphatic heterocycles. The first-order valence-electron chi connectivity index (χ1n) is 9.68. The molecular weight excluding hydrogens is 330 g/mol. The number of nitrogens with one attached hydrogen (secondary N) is 1. The van der Waals surface area contributed by atoms with Crippen LogP contribution in [0.2, 0.25) is 0 Å². The van der Waals surface area contributed by atoms with E-state index in [4.69, 9.17) is 0 Å². The van der Waals surface area contributed by atoms with Gasteiger partial charge in [0.05, 0.1) is 5.69 Å². The number of rotatable bonds is 4. The van der Waals surface area contributed by atoms with Gasteiger partial charge in [-0.3, -0.25) is 14.7 Å². The van der Waals surface area contributed by atoms with Gasteiger partial charge in [-0.15, -0.1) is 0 Å². The van der Waals surface area contributed by atoms with E-state index in [1.807, 2.05) is 4.90 Å². The summed E-state index contributed by atoms with van der Waals surface area (Å²) in [4.78, 5) is 35.0. The van der Waals surface area contributed by atoms with Crippen molar-refractivity contribution in [3.05, 3.63) is 18.1 Å². The highest BCUT2D eigenvalue weighted by molar-refractivity contribution is 5.83. The number of carbonyl (C=O) groups excluding carboxylic acids is 2. The van der Waals surface area contributed by atoms with Crippen LogP contribution in [0.25, 0.3) is 11.2 Å². The zero-order valence-corrected chi connectivity index (χ0v) is 15.0. The molecule has 1 amide bonds. The van der Waals surface area contributed by atoms with E-state index in [-0.39, 0.29) is 11.8 Å². The summed E-state index contributed by atoms with van der Waals surface area (Å²) >= 11 is 0. The number of nitrogens with zero attached hydrogens (tertiary/aromatic N) is 4. The van der Waals surface area contributed by atoms with Gasteiger partial charge in [-0.05, 0) is 32.1 Å². The Labute approximate surface area is 152 Å². The number of ketones is 1. The maximum atomic E-state index is 12.5. The summed E-state index contributed by atoms with van der Waals surface area (Å²) < 4.78 is 0. The Morgan fingerprint density at radius 1 is 1.15 bits per heavy atom. The van der Waals surface area contributed by atoms with Crippen LogP contribution in [0.3, 0.4) is 0 Å². The molecule has 1 saturated heterocycles. The number of carbonyl (C=O) groups is 2. The monoisotopic (exact) mass is 355 g/mol. The number of piperidine rings is 1. The third-order valence-electron chi connectivity index (χ3n) is 5.86. The molecule has 1 N–H and O–H groups in total. The van der Waals surface area contributed by atoms with Crippen molar-refractivity contribution >= 4 is 22.9 Å². The number of fused-ring (bicyclic) bond motifs is 1. The molecule has 0 bridgehead atoms. The van der Waals surface area contributed by atoms with Crippen LogP contribution in [-0.2, 0) is 9.59 Å². The van der Waals surface area contributed by atoms with Crippen LogP contribution >= 0.6 is 0 Å². The average Bonchev–Trinajstić information content (AvgIpc) is 3.11. The minimum Gasteiger partial charge on any atom is -0.343 e. The number of hydrogen-bond acceptors (Lipinski definition) is 5. The summed E-state index contributed by atoms with van der Waals surface area (Å²) in [5.41, 5.74) is 2.53. The van der Waals surface area contributed by atoms with Crippen molar-refractivity contribution in [3.8, 4) is 0 Å². The van der Waals surface area contributed by atoms with Gasteiger partial charge in [0.2, 0.25) is 5.91 Å². The highest BCUT2D eigenvalue weighted by Gasteiger charge is 2.28. The quantitative estimate of drug-likeness (QED) is 0.910. The SMILES string of the molecule is O=C1CCCC[C@H]1CCC(=O)N1CCC(c2[nH]nc3nccnc23)CC1. The van der Waals surface area contributed by atoms with Gasteiger partial charge in [0.1, 0.15) is 11.3 Å².